The highest BCUT2D eigenvalue weighted by molar-refractivity contribution is 5.94. The number of phenolic OH excluding ortho intramolecular Hbond substituents is 2. The van der Waals surface area contributed by atoms with Crippen LogP contribution >= 0.6 is 0 Å². The molecule has 0 saturated heterocycles. The second-order valence-corrected chi connectivity index (χ2v) is 6.04. The Bertz CT molecular complexity index is 1020. The standard InChI is InChI=1S/C20H18N2O5/c23-17-7-5-12(9-18(17)24)6-8-19(25)22-16(20(26)27)10-13-11-21-15-4-2-1-3-14(13)15/h1-9,11,16,21,23-24H,10H2,(H,22,25)(H,26,27). The van der Waals surface area contributed by atoms with E-state index in [0.29, 0.717) is 5.56 Å². The van der Waals surface area contributed by atoms with E-state index in [0.717, 1.165) is 16.5 Å². The lowest BCUT2D eigenvalue weighted by Gasteiger charge is -2.13. The topological polar surface area (TPSA) is 123 Å². The van der Waals surface area contributed by atoms with Gasteiger partial charge in [-0.25, -0.2) is 4.79 Å². The number of rotatable bonds is 6. The van der Waals surface area contributed by atoms with Crippen molar-refractivity contribution in [3.05, 3.63) is 65.9 Å². The van der Waals surface area contributed by atoms with Crippen molar-refractivity contribution in [2.24, 2.45) is 0 Å². The van der Waals surface area contributed by atoms with Crippen molar-refractivity contribution in [1.82, 2.24) is 10.3 Å². The molecule has 0 fully saturated rings. The number of carbonyl (C=O) groups is 2. The summed E-state index contributed by atoms with van der Waals surface area (Å²) in [4.78, 5) is 26.7. The number of aliphatic carboxylic acids is 1. The molecule has 0 aliphatic rings. The highest BCUT2D eigenvalue weighted by Gasteiger charge is 2.21. The number of carboxylic acids is 1. The van der Waals surface area contributed by atoms with Crippen molar-refractivity contribution >= 4 is 28.9 Å². The van der Waals surface area contributed by atoms with Crippen LogP contribution in [0.4, 0.5) is 0 Å². The fourth-order valence-electron chi connectivity index (χ4n) is 2.76. The molecule has 27 heavy (non-hydrogen) atoms. The second-order valence-electron chi connectivity index (χ2n) is 6.04. The molecule has 1 heterocycles. The van der Waals surface area contributed by atoms with E-state index in [-0.39, 0.29) is 17.9 Å². The number of benzene rings is 2. The SMILES string of the molecule is O=C(C=Cc1ccc(O)c(O)c1)NC(Cc1c[nH]c2ccccc12)C(=O)O. The van der Waals surface area contributed by atoms with Crippen LogP contribution in [-0.4, -0.2) is 38.2 Å². The molecule has 0 aliphatic carbocycles. The molecule has 5 N–H and O–H groups in total. The number of hydrogen-bond donors (Lipinski definition) is 5. The zero-order valence-corrected chi connectivity index (χ0v) is 14.2. The van der Waals surface area contributed by atoms with Gasteiger partial charge in [-0.1, -0.05) is 24.3 Å². The highest BCUT2D eigenvalue weighted by Crippen LogP contribution is 2.25. The number of aromatic nitrogens is 1. The van der Waals surface area contributed by atoms with Gasteiger partial charge in [0.2, 0.25) is 5.91 Å². The van der Waals surface area contributed by atoms with Gasteiger partial charge in [0.1, 0.15) is 6.04 Å². The van der Waals surface area contributed by atoms with Crippen LogP contribution in [0, 0.1) is 0 Å². The predicted molar refractivity (Wildman–Crippen MR) is 100 cm³/mol. The first-order chi connectivity index (χ1) is 12.9. The van der Waals surface area contributed by atoms with Crippen LogP contribution < -0.4 is 5.32 Å². The third-order valence-electron chi connectivity index (χ3n) is 4.14. The summed E-state index contributed by atoms with van der Waals surface area (Å²) < 4.78 is 0. The lowest BCUT2D eigenvalue weighted by Crippen LogP contribution is -2.41. The van der Waals surface area contributed by atoms with E-state index in [1.807, 2.05) is 24.3 Å². The van der Waals surface area contributed by atoms with Crippen molar-refractivity contribution < 1.29 is 24.9 Å². The largest absolute Gasteiger partial charge is 0.504 e. The minimum atomic E-state index is -1.13. The Morgan fingerprint density at radius 1 is 1.11 bits per heavy atom. The summed E-state index contributed by atoms with van der Waals surface area (Å²) in [7, 11) is 0. The van der Waals surface area contributed by atoms with Crippen LogP contribution in [0.3, 0.4) is 0 Å². The summed E-state index contributed by atoms with van der Waals surface area (Å²) in [6.07, 6.45) is 4.47. The molecule has 0 aliphatic heterocycles. The molecule has 1 amide bonds. The van der Waals surface area contributed by atoms with Crippen LogP contribution in [0.15, 0.2) is 54.7 Å². The van der Waals surface area contributed by atoms with Gasteiger partial charge in [0.25, 0.3) is 0 Å². The van der Waals surface area contributed by atoms with Crippen molar-refractivity contribution in [2.75, 3.05) is 0 Å². The maximum atomic E-state index is 12.1. The molecule has 1 atom stereocenters. The van der Waals surface area contributed by atoms with E-state index in [2.05, 4.69) is 10.3 Å². The molecular weight excluding hydrogens is 348 g/mol. The van der Waals surface area contributed by atoms with Gasteiger partial charge < -0.3 is 25.6 Å². The third kappa shape index (κ3) is 4.27. The van der Waals surface area contributed by atoms with Crippen molar-refractivity contribution in [2.45, 2.75) is 12.5 Å². The minimum Gasteiger partial charge on any atom is -0.504 e. The van der Waals surface area contributed by atoms with Gasteiger partial charge in [0.15, 0.2) is 11.5 Å². The summed E-state index contributed by atoms with van der Waals surface area (Å²) in [6, 6.07) is 10.5. The van der Waals surface area contributed by atoms with Crippen molar-refractivity contribution in [3.8, 4) is 11.5 Å². The lowest BCUT2D eigenvalue weighted by molar-refractivity contribution is -0.141. The maximum Gasteiger partial charge on any atom is 0.326 e. The van der Waals surface area contributed by atoms with E-state index < -0.39 is 17.9 Å². The first-order valence-corrected chi connectivity index (χ1v) is 8.22. The Balaban J connectivity index is 1.70. The normalized spacial score (nSPS) is 12.3. The zero-order valence-electron chi connectivity index (χ0n) is 14.2. The second kappa shape index (κ2) is 7.65. The number of amides is 1. The average molecular weight is 366 g/mol. The Morgan fingerprint density at radius 3 is 2.63 bits per heavy atom. The molecule has 0 bridgehead atoms. The van der Waals surface area contributed by atoms with E-state index in [9.17, 15) is 24.9 Å². The third-order valence-corrected chi connectivity index (χ3v) is 4.14. The van der Waals surface area contributed by atoms with Crippen molar-refractivity contribution in [1.29, 1.82) is 0 Å². The molecule has 3 rings (SSSR count). The predicted octanol–water partition coefficient (Wildman–Crippen LogP) is 2.40. The van der Waals surface area contributed by atoms with Gasteiger partial charge in [-0.05, 0) is 35.4 Å². The number of aromatic amines is 1. The molecule has 0 radical (unpaired) electrons. The van der Waals surface area contributed by atoms with Crippen LogP contribution in [0.5, 0.6) is 11.5 Å². The Labute approximate surface area is 154 Å². The summed E-state index contributed by atoms with van der Waals surface area (Å²) in [5.41, 5.74) is 2.18. The number of carboxylic acid groups (broad SMARTS) is 1. The Kier molecular flexibility index (Phi) is 5.12. The molecule has 2 aromatic carbocycles. The molecule has 0 spiro atoms. The number of fused-ring (bicyclic) bond motifs is 1. The fraction of sp³-hybridized carbons (Fsp3) is 0.100. The molecule has 138 valence electrons. The van der Waals surface area contributed by atoms with Gasteiger partial charge in [0.05, 0.1) is 0 Å². The summed E-state index contributed by atoms with van der Waals surface area (Å²) in [6.45, 7) is 0. The fourth-order valence-corrected chi connectivity index (χ4v) is 2.76. The number of nitrogens with one attached hydrogen (secondary N) is 2. The molecule has 1 unspecified atom stereocenters. The van der Waals surface area contributed by atoms with Gasteiger partial charge in [0, 0.05) is 29.6 Å². The average Bonchev–Trinajstić information content (AvgIpc) is 3.05. The summed E-state index contributed by atoms with van der Waals surface area (Å²) in [5.74, 6) is -2.28. The monoisotopic (exact) mass is 366 g/mol. The number of H-pyrrole nitrogens is 1. The molecule has 7 heteroatoms. The Morgan fingerprint density at radius 2 is 1.89 bits per heavy atom. The molecule has 3 aromatic rings. The molecular formula is C20H18N2O5. The van der Waals surface area contributed by atoms with Crippen LogP contribution in [0.1, 0.15) is 11.1 Å². The molecule has 1 aromatic heterocycles. The minimum absolute atomic E-state index is 0.138. The van der Waals surface area contributed by atoms with Crippen LogP contribution in [-0.2, 0) is 16.0 Å². The van der Waals surface area contributed by atoms with Gasteiger partial charge >= 0.3 is 5.97 Å². The van der Waals surface area contributed by atoms with E-state index in [1.165, 1.54) is 30.4 Å². The van der Waals surface area contributed by atoms with Crippen molar-refractivity contribution in [3.63, 3.8) is 0 Å². The number of para-hydroxylation sites is 1. The number of phenols is 2. The number of carbonyl (C=O) groups excluding carboxylic acids is 1. The Hall–Kier alpha value is -3.74. The smallest absolute Gasteiger partial charge is 0.326 e. The lowest BCUT2D eigenvalue weighted by atomic mass is 10.0. The molecule has 7 nitrogen and oxygen atoms in total. The van der Waals surface area contributed by atoms with Crippen LogP contribution in [0.2, 0.25) is 0 Å². The summed E-state index contributed by atoms with van der Waals surface area (Å²) >= 11 is 0. The van der Waals surface area contributed by atoms with Gasteiger partial charge in [-0.2, -0.15) is 0 Å². The maximum absolute atomic E-state index is 12.1. The van der Waals surface area contributed by atoms with E-state index in [1.54, 1.807) is 6.20 Å². The number of aromatic hydroxyl groups is 2. The first-order valence-electron chi connectivity index (χ1n) is 8.22. The van der Waals surface area contributed by atoms with E-state index >= 15 is 0 Å². The van der Waals surface area contributed by atoms with E-state index in [4.69, 9.17) is 0 Å². The highest BCUT2D eigenvalue weighted by atomic mass is 16.4. The quantitative estimate of drug-likeness (QED) is 0.339. The first kappa shape index (κ1) is 18.1. The van der Waals surface area contributed by atoms with Gasteiger partial charge in [-0.3, -0.25) is 4.79 Å². The van der Waals surface area contributed by atoms with Gasteiger partial charge in [-0.15, -0.1) is 0 Å². The number of hydrogen-bond acceptors (Lipinski definition) is 4. The molecule has 0 saturated carbocycles. The zero-order chi connectivity index (χ0) is 19.4. The summed E-state index contributed by atoms with van der Waals surface area (Å²) in [5, 5.41) is 31.5. The van der Waals surface area contributed by atoms with Crippen LogP contribution in [0.25, 0.3) is 17.0 Å².